The number of halogens is 4. The highest BCUT2D eigenvalue weighted by Crippen LogP contribution is 2.39. The van der Waals surface area contributed by atoms with Gasteiger partial charge in [-0.15, -0.1) is 11.3 Å². The van der Waals surface area contributed by atoms with E-state index in [-0.39, 0.29) is 37.0 Å². The average Bonchev–Trinajstić information content (AvgIpc) is 3.24. The minimum absolute atomic E-state index is 0.00577. The Morgan fingerprint density at radius 2 is 1.82 bits per heavy atom. The number of benzene rings is 1. The summed E-state index contributed by atoms with van der Waals surface area (Å²) in [6.07, 6.45) is -5.11. The topological polar surface area (TPSA) is 136 Å². The van der Waals surface area contributed by atoms with Crippen LogP contribution in [0.1, 0.15) is 43.3 Å². The van der Waals surface area contributed by atoms with Gasteiger partial charge < -0.3 is 19.7 Å². The molecule has 0 saturated carbocycles. The van der Waals surface area contributed by atoms with Crippen LogP contribution in [0.3, 0.4) is 0 Å². The maximum absolute atomic E-state index is 14.6. The van der Waals surface area contributed by atoms with E-state index in [0.717, 1.165) is 0 Å². The summed E-state index contributed by atoms with van der Waals surface area (Å²) in [7, 11) is -4.67. The molecule has 11 nitrogen and oxygen atoms in total. The molecule has 1 amide bonds. The first-order valence-corrected chi connectivity index (χ1v) is 16.3. The van der Waals surface area contributed by atoms with Crippen molar-refractivity contribution >= 4 is 39.1 Å². The third kappa shape index (κ3) is 9.63. The second kappa shape index (κ2) is 12.9. The van der Waals surface area contributed by atoms with Gasteiger partial charge in [-0.05, 0) is 70.9 Å². The van der Waals surface area contributed by atoms with E-state index in [1.165, 1.54) is 41.5 Å². The van der Waals surface area contributed by atoms with E-state index >= 15 is 0 Å². The number of aryl methyl sites for hydroxylation is 3. The fraction of sp³-hybridized carbons (Fsp3) is 0.500. The number of aromatic nitrogens is 3. The van der Waals surface area contributed by atoms with E-state index in [0.29, 0.717) is 32.5 Å². The van der Waals surface area contributed by atoms with Crippen LogP contribution in [-0.2, 0) is 14.8 Å². The zero-order valence-corrected chi connectivity index (χ0v) is 27.1. The molecule has 0 unspecified atom stereocenters. The number of sulfonamides is 1. The largest absolute Gasteiger partial charge is 0.444 e. The van der Waals surface area contributed by atoms with Crippen LogP contribution in [0.5, 0.6) is 11.6 Å². The number of nitrogens with zero attached hydrogens (tertiary/aromatic N) is 4. The molecule has 2 N–H and O–H groups in total. The van der Waals surface area contributed by atoms with Crippen molar-refractivity contribution < 1.29 is 40.2 Å². The number of anilines is 2. The summed E-state index contributed by atoms with van der Waals surface area (Å²) in [5.41, 5.74) is 0.507. The minimum Gasteiger partial charge on any atom is -0.444 e. The molecule has 1 fully saturated rings. The first-order valence-electron chi connectivity index (χ1n) is 13.8. The molecule has 1 aliphatic heterocycles. The quantitative estimate of drug-likeness (QED) is 0.261. The Labute approximate surface area is 262 Å². The molecule has 1 aliphatic rings. The number of likely N-dealkylation sites (tertiary alicyclic amines) is 1. The zero-order valence-electron chi connectivity index (χ0n) is 25.5. The van der Waals surface area contributed by atoms with E-state index in [1.54, 1.807) is 40.7 Å². The summed E-state index contributed by atoms with van der Waals surface area (Å²) in [6, 6.07) is 4.05. The number of carbonyl (C=O) groups excluding carboxylic acids is 1. The Hall–Kier alpha value is -3.73. The summed E-state index contributed by atoms with van der Waals surface area (Å²) >= 11 is 1.30. The highest BCUT2D eigenvalue weighted by atomic mass is 32.2. The van der Waals surface area contributed by atoms with Gasteiger partial charge in [-0.1, -0.05) is 0 Å². The molecular weight excluding hydrogens is 640 g/mol. The molecule has 0 spiro atoms. The van der Waals surface area contributed by atoms with Crippen molar-refractivity contribution in [3.05, 3.63) is 40.5 Å². The van der Waals surface area contributed by atoms with E-state index in [9.17, 15) is 30.8 Å². The highest BCUT2D eigenvalue weighted by Gasteiger charge is 2.36. The molecule has 3 aromatic rings. The molecule has 1 saturated heterocycles. The standard InChI is InChI=1S/C28H34F4N6O5S2/c1-15-10-22(16(2)9-21(15)37-45(40,41)14-28(30,31)32)42-24-23(44-17(3)34-24)20-7-8-33-25(36-20)35-19-11-18(29)12-38(13-19)26(39)43-27(4,5)6/h7-10,18-19,37H,11-14H2,1-6H3,(H,33,35,36)/t18-,19-/m0/s1. The number of ether oxygens (including phenoxy) is 2. The van der Waals surface area contributed by atoms with Crippen LogP contribution in [-0.4, -0.2) is 77.2 Å². The van der Waals surface area contributed by atoms with Crippen LogP contribution >= 0.6 is 11.3 Å². The second-order valence-corrected chi connectivity index (χ2v) is 14.6. The lowest BCUT2D eigenvalue weighted by Crippen LogP contribution is -2.51. The molecule has 246 valence electrons. The van der Waals surface area contributed by atoms with E-state index in [1.807, 2.05) is 4.72 Å². The van der Waals surface area contributed by atoms with Gasteiger partial charge in [-0.2, -0.15) is 13.2 Å². The molecule has 17 heteroatoms. The van der Waals surface area contributed by atoms with Gasteiger partial charge in [0.1, 0.15) is 22.4 Å². The van der Waals surface area contributed by atoms with Crippen LogP contribution < -0.4 is 14.8 Å². The second-order valence-electron chi connectivity index (χ2n) is 11.7. The number of amides is 1. The maximum atomic E-state index is 14.6. The van der Waals surface area contributed by atoms with Crippen LogP contribution in [0.15, 0.2) is 24.4 Å². The number of hydrogen-bond donors (Lipinski definition) is 2. The number of rotatable bonds is 8. The highest BCUT2D eigenvalue weighted by molar-refractivity contribution is 7.92. The Kier molecular flexibility index (Phi) is 9.82. The molecule has 4 rings (SSSR count). The van der Waals surface area contributed by atoms with Gasteiger partial charge in [0.15, 0.2) is 5.75 Å². The van der Waals surface area contributed by atoms with Crippen LogP contribution in [0.25, 0.3) is 10.6 Å². The van der Waals surface area contributed by atoms with Crippen molar-refractivity contribution in [2.24, 2.45) is 0 Å². The van der Waals surface area contributed by atoms with Gasteiger partial charge in [0.25, 0.3) is 0 Å². The van der Waals surface area contributed by atoms with E-state index in [4.69, 9.17) is 9.47 Å². The third-order valence-corrected chi connectivity index (χ3v) is 8.54. The smallest absolute Gasteiger partial charge is 0.410 e. The number of piperidine rings is 1. The number of thiazole rings is 1. The minimum atomic E-state index is -4.89. The molecule has 2 atom stereocenters. The lowest BCUT2D eigenvalue weighted by Gasteiger charge is -2.36. The van der Waals surface area contributed by atoms with Crippen LogP contribution in [0, 0.1) is 20.8 Å². The van der Waals surface area contributed by atoms with Crippen LogP contribution in [0.4, 0.5) is 34.0 Å². The van der Waals surface area contributed by atoms with Gasteiger partial charge in [0, 0.05) is 25.2 Å². The van der Waals surface area contributed by atoms with Crippen molar-refractivity contribution in [1.29, 1.82) is 0 Å². The average molecular weight is 675 g/mol. The van der Waals surface area contributed by atoms with Crippen molar-refractivity contribution in [2.75, 3.05) is 28.9 Å². The molecule has 45 heavy (non-hydrogen) atoms. The monoisotopic (exact) mass is 674 g/mol. The van der Waals surface area contributed by atoms with Crippen molar-refractivity contribution in [1.82, 2.24) is 19.9 Å². The fourth-order valence-corrected chi connectivity index (χ4v) is 6.40. The van der Waals surface area contributed by atoms with Crippen molar-refractivity contribution in [3.8, 4) is 22.2 Å². The number of alkyl halides is 4. The summed E-state index contributed by atoms with van der Waals surface area (Å²) in [5.74, 6) is -1.29. The van der Waals surface area contributed by atoms with E-state index in [2.05, 4.69) is 20.3 Å². The van der Waals surface area contributed by atoms with Crippen molar-refractivity contribution in [3.63, 3.8) is 0 Å². The Bertz CT molecular complexity index is 1660. The Morgan fingerprint density at radius 3 is 2.49 bits per heavy atom. The number of hydrogen-bond acceptors (Lipinski definition) is 10. The molecule has 3 heterocycles. The predicted octanol–water partition coefficient (Wildman–Crippen LogP) is 6.38. The molecule has 2 aromatic heterocycles. The number of nitrogens with one attached hydrogen (secondary N) is 2. The molecule has 0 bridgehead atoms. The summed E-state index contributed by atoms with van der Waals surface area (Å²) in [4.78, 5) is 27.7. The molecule has 0 aliphatic carbocycles. The third-order valence-electron chi connectivity index (χ3n) is 6.32. The summed E-state index contributed by atoms with van der Waals surface area (Å²) in [5, 5.41) is 3.76. The van der Waals surface area contributed by atoms with Gasteiger partial charge in [0.2, 0.25) is 21.9 Å². The molecular formula is C28H34F4N6O5S2. The SMILES string of the molecule is Cc1nc(Oc2cc(C)c(NS(=O)(=O)CC(F)(F)F)cc2C)c(-c2ccnc(N[C@H]3C[C@H](F)CN(C(=O)OC(C)(C)C)C3)n2)s1. The summed E-state index contributed by atoms with van der Waals surface area (Å²) < 4.78 is 90.1. The van der Waals surface area contributed by atoms with Gasteiger partial charge in [-0.3, -0.25) is 4.72 Å². The Morgan fingerprint density at radius 1 is 1.11 bits per heavy atom. The number of carbonyl (C=O) groups is 1. The van der Waals surface area contributed by atoms with Gasteiger partial charge >= 0.3 is 12.3 Å². The van der Waals surface area contributed by atoms with E-state index < -0.39 is 45.9 Å². The predicted molar refractivity (Wildman–Crippen MR) is 162 cm³/mol. The first kappa shape index (κ1) is 34.1. The maximum Gasteiger partial charge on any atom is 0.410 e. The fourth-order valence-electron chi connectivity index (χ4n) is 4.53. The molecule has 0 radical (unpaired) electrons. The Balaban J connectivity index is 1.52. The normalized spacial score (nSPS) is 17.6. The van der Waals surface area contributed by atoms with Gasteiger partial charge in [-0.25, -0.2) is 32.6 Å². The summed E-state index contributed by atoms with van der Waals surface area (Å²) in [6.45, 7) is 10.2. The zero-order chi connectivity index (χ0) is 33.3. The lowest BCUT2D eigenvalue weighted by molar-refractivity contribution is -0.106. The van der Waals surface area contributed by atoms with Gasteiger partial charge in [0.05, 0.1) is 22.9 Å². The first-order chi connectivity index (χ1) is 20.8. The molecule has 1 aromatic carbocycles. The van der Waals surface area contributed by atoms with Crippen molar-refractivity contribution in [2.45, 2.75) is 72.0 Å². The van der Waals surface area contributed by atoms with Crippen LogP contribution in [0.2, 0.25) is 0 Å². The lowest BCUT2D eigenvalue weighted by atomic mass is 10.0.